The van der Waals surface area contributed by atoms with Gasteiger partial charge >= 0.3 is 5.97 Å². The number of anilines is 1. The molecular weight excluding hydrogens is 204 g/mol. The molecule has 0 fully saturated rings. The van der Waals surface area contributed by atoms with Gasteiger partial charge in [-0.1, -0.05) is 17.7 Å². The largest absolute Gasteiger partial charge is 0.480 e. The number of rotatable bonds is 2. The summed E-state index contributed by atoms with van der Waals surface area (Å²) in [6.45, 7) is 1.40. The average molecular weight is 215 g/mol. The second-order valence-electron chi connectivity index (χ2n) is 3.24. The molecule has 0 aliphatic heterocycles. The zero-order valence-electron chi connectivity index (χ0n) is 7.62. The molecule has 1 rings (SSSR count). The molecule has 14 heavy (non-hydrogen) atoms. The number of halogens is 1. The van der Waals surface area contributed by atoms with E-state index in [9.17, 15) is 4.79 Å². The highest BCUT2D eigenvalue weighted by Gasteiger charge is 2.30. The van der Waals surface area contributed by atoms with E-state index in [-0.39, 0.29) is 0 Å². The molecule has 0 aromatic heterocycles. The first-order chi connectivity index (χ1) is 6.35. The van der Waals surface area contributed by atoms with Crippen LogP contribution in [0, 0.1) is 0 Å². The van der Waals surface area contributed by atoms with E-state index in [1.165, 1.54) is 19.1 Å². The van der Waals surface area contributed by atoms with E-state index >= 15 is 0 Å². The molecule has 0 heterocycles. The van der Waals surface area contributed by atoms with Crippen molar-refractivity contribution in [1.29, 1.82) is 0 Å². The van der Waals surface area contributed by atoms with Gasteiger partial charge in [-0.15, -0.1) is 0 Å². The highest BCUT2D eigenvalue weighted by atomic mass is 35.5. The van der Waals surface area contributed by atoms with Crippen LogP contribution in [0.5, 0.6) is 0 Å². The topological polar surface area (TPSA) is 89.3 Å². The Morgan fingerprint density at radius 2 is 2.14 bits per heavy atom. The Morgan fingerprint density at radius 3 is 2.57 bits per heavy atom. The zero-order valence-corrected chi connectivity index (χ0v) is 8.38. The number of benzene rings is 1. The van der Waals surface area contributed by atoms with E-state index in [2.05, 4.69) is 0 Å². The molecule has 0 saturated heterocycles. The maximum absolute atomic E-state index is 10.8. The molecule has 0 bridgehead atoms. The Morgan fingerprint density at radius 1 is 1.57 bits per heavy atom. The fourth-order valence-electron chi connectivity index (χ4n) is 0.974. The summed E-state index contributed by atoms with van der Waals surface area (Å²) in [5.41, 5.74) is 10.5. The van der Waals surface area contributed by atoms with Gasteiger partial charge in [0.1, 0.15) is 5.54 Å². The summed E-state index contributed by atoms with van der Waals surface area (Å²) in [6, 6.07) is 4.55. The fourth-order valence-corrected chi connectivity index (χ4v) is 1.15. The van der Waals surface area contributed by atoms with Crippen molar-refractivity contribution in [3.05, 3.63) is 28.8 Å². The van der Waals surface area contributed by atoms with Crippen LogP contribution in [0.2, 0.25) is 5.02 Å². The molecule has 1 aromatic rings. The fraction of sp³-hybridized carbons (Fsp3) is 0.222. The van der Waals surface area contributed by atoms with E-state index in [0.29, 0.717) is 16.3 Å². The van der Waals surface area contributed by atoms with Crippen molar-refractivity contribution in [2.45, 2.75) is 12.5 Å². The van der Waals surface area contributed by atoms with Crippen LogP contribution in [0.3, 0.4) is 0 Å². The number of hydrogen-bond donors (Lipinski definition) is 3. The number of nitrogens with two attached hydrogens (primary N) is 2. The van der Waals surface area contributed by atoms with Crippen molar-refractivity contribution in [1.82, 2.24) is 0 Å². The van der Waals surface area contributed by atoms with Crippen LogP contribution in [0.4, 0.5) is 5.69 Å². The molecular formula is C9H11ClN2O2. The molecule has 0 unspecified atom stereocenters. The first kappa shape index (κ1) is 10.8. The predicted molar refractivity (Wildman–Crippen MR) is 55.0 cm³/mol. The Balaban J connectivity index is 3.21. The molecule has 0 spiro atoms. The van der Waals surface area contributed by atoms with E-state index in [1.54, 1.807) is 6.07 Å². The summed E-state index contributed by atoms with van der Waals surface area (Å²) in [5.74, 6) is -1.11. The van der Waals surface area contributed by atoms with Crippen LogP contribution in [-0.4, -0.2) is 11.1 Å². The SMILES string of the molecule is C[C@@](N)(C(=O)O)c1ccc(N)c(Cl)c1. The van der Waals surface area contributed by atoms with Gasteiger partial charge in [0.2, 0.25) is 0 Å². The molecule has 76 valence electrons. The van der Waals surface area contributed by atoms with E-state index in [4.69, 9.17) is 28.2 Å². The summed E-state index contributed by atoms with van der Waals surface area (Å²) in [5, 5.41) is 9.16. The van der Waals surface area contributed by atoms with E-state index in [1.807, 2.05) is 0 Å². The highest BCUT2D eigenvalue weighted by molar-refractivity contribution is 6.33. The molecule has 0 radical (unpaired) electrons. The quantitative estimate of drug-likeness (QED) is 0.645. The minimum Gasteiger partial charge on any atom is -0.480 e. The van der Waals surface area contributed by atoms with Crippen LogP contribution < -0.4 is 11.5 Å². The lowest BCUT2D eigenvalue weighted by Crippen LogP contribution is -2.41. The third-order valence-electron chi connectivity index (χ3n) is 2.04. The minimum atomic E-state index is -1.45. The average Bonchev–Trinajstić information content (AvgIpc) is 2.09. The summed E-state index contributed by atoms with van der Waals surface area (Å²) in [7, 11) is 0. The van der Waals surface area contributed by atoms with Crippen LogP contribution in [0.15, 0.2) is 18.2 Å². The summed E-state index contributed by atoms with van der Waals surface area (Å²) in [6.07, 6.45) is 0. The standard InChI is InChI=1S/C9H11ClN2O2/c1-9(12,8(13)14)5-2-3-7(11)6(10)4-5/h2-4H,11-12H2,1H3,(H,13,14)/t9-/m0/s1. The molecule has 0 aliphatic carbocycles. The highest BCUT2D eigenvalue weighted by Crippen LogP contribution is 2.25. The minimum absolute atomic E-state index is 0.306. The third kappa shape index (κ3) is 1.81. The smallest absolute Gasteiger partial charge is 0.328 e. The van der Waals surface area contributed by atoms with Crippen LogP contribution in [0.25, 0.3) is 0 Å². The second-order valence-corrected chi connectivity index (χ2v) is 3.65. The van der Waals surface area contributed by atoms with Crippen molar-refractivity contribution in [2.75, 3.05) is 5.73 Å². The number of nitrogen functional groups attached to an aromatic ring is 1. The molecule has 0 amide bonds. The number of carbonyl (C=O) groups is 1. The number of carboxylic acids is 1. The summed E-state index contributed by atoms with van der Waals surface area (Å²) in [4.78, 5) is 10.8. The second kappa shape index (κ2) is 3.48. The Labute approximate surface area is 86.5 Å². The summed E-state index contributed by atoms with van der Waals surface area (Å²) >= 11 is 5.75. The first-order valence-corrected chi connectivity index (χ1v) is 4.31. The normalized spacial score (nSPS) is 14.8. The Hall–Kier alpha value is -1.26. The Bertz CT molecular complexity index is 377. The maximum Gasteiger partial charge on any atom is 0.328 e. The lowest BCUT2D eigenvalue weighted by atomic mass is 9.93. The van der Waals surface area contributed by atoms with Gasteiger partial charge in [-0.05, 0) is 24.6 Å². The molecule has 1 atom stereocenters. The first-order valence-electron chi connectivity index (χ1n) is 3.93. The third-order valence-corrected chi connectivity index (χ3v) is 2.37. The van der Waals surface area contributed by atoms with Crippen LogP contribution >= 0.6 is 11.6 Å². The maximum atomic E-state index is 10.8. The van der Waals surface area contributed by atoms with Crippen molar-refractivity contribution >= 4 is 23.3 Å². The number of aliphatic carboxylic acids is 1. The van der Waals surface area contributed by atoms with Gasteiger partial charge in [0.25, 0.3) is 0 Å². The van der Waals surface area contributed by atoms with Gasteiger partial charge in [-0.2, -0.15) is 0 Å². The lowest BCUT2D eigenvalue weighted by Gasteiger charge is -2.20. The predicted octanol–water partition coefficient (Wildman–Crippen LogP) is 1.18. The van der Waals surface area contributed by atoms with Gasteiger partial charge in [0.15, 0.2) is 0 Å². The molecule has 1 aromatic carbocycles. The molecule has 4 nitrogen and oxygen atoms in total. The van der Waals surface area contributed by atoms with E-state index < -0.39 is 11.5 Å². The molecule has 0 aliphatic rings. The van der Waals surface area contributed by atoms with Crippen molar-refractivity contribution < 1.29 is 9.90 Å². The number of carboxylic acid groups (broad SMARTS) is 1. The zero-order chi connectivity index (χ0) is 10.9. The molecule has 5 heteroatoms. The van der Waals surface area contributed by atoms with Crippen molar-refractivity contribution in [3.8, 4) is 0 Å². The van der Waals surface area contributed by atoms with Gasteiger partial charge in [-0.3, -0.25) is 0 Å². The van der Waals surface area contributed by atoms with Gasteiger partial charge in [0, 0.05) is 0 Å². The molecule has 5 N–H and O–H groups in total. The number of hydrogen-bond acceptors (Lipinski definition) is 3. The van der Waals surface area contributed by atoms with Gasteiger partial charge in [0.05, 0.1) is 10.7 Å². The monoisotopic (exact) mass is 214 g/mol. The summed E-state index contributed by atoms with van der Waals surface area (Å²) < 4.78 is 0. The lowest BCUT2D eigenvalue weighted by molar-refractivity contribution is -0.143. The van der Waals surface area contributed by atoms with Crippen molar-refractivity contribution in [2.24, 2.45) is 5.73 Å². The van der Waals surface area contributed by atoms with Crippen molar-refractivity contribution in [3.63, 3.8) is 0 Å². The Kier molecular flexibility index (Phi) is 2.69. The molecule has 0 saturated carbocycles. The van der Waals surface area contributed by atoms with E-state index in [0.717, 1.165) is 0 Å². The van der Waals surface area contributed by atoms with Crippen LogP contribution in [0.1, 0.15) is 12.5 Å². The van der Waals surface area contributed by atoms with Crippen LogP contribution in [-0.2, 0) is 10.3 Å². The van der Waals surface area contributed by atoms with Gasteiger partial charge in [-0.25, -0.2) is 4.79 Å². The van der Waals surface area contributed by atoms with Gasteiger partial charge < -0.3 is 16.6 Å².